The third-order valence-corrected chi connectivity index (χ3v) is 4.00. The molecule has 1 aliphatic heterocycles. The summed E-state index contributed by atoms with van der Waals surface area (Å²) < 4.78 is 30.0. The first kappa shape index (κ1) is 17.6. The van der Waals surface area contributed by atoms with Crippen molar-refractivity contribution in [3.05, 3.63) is 77.0 Å². The highest BCUT2D eigenvalue weighted by atomic mass is 19.3. The van der Waals surface area contributed by atoms with Gasteiger partial charge in [-0.05, 0) is 13.0 Å². The molecule has 3 rings (SSSR count). The Morgan fingerprint density at radius 1 is 1.08 bits per heavy atom. The Balaban J connectivity index is 2.09. The standard InChI is InChI=1S/C19H16F2N2O3/c1-11-15(17(24)12-7-3-2-4-8-12)16(23-19(25)22-11)13-9-5-6-10-14(13)26-18(20)21/h2-10,16,18H,1H3,(H2,22,23,25)/t16-/m0/s1. The van der Waals surface area contributed by atoms with Crippen LogP contribution in [0.2, 0.25) is 0 Å². The zero-order chi connectivity index (χ0) is 18.7. The number of alkyl halides is 2. The first-order chi connectivity index (χ1) is 12.5. The lowest BCUT2D eigenvalue weighted by atomic mass is 9.89. The summed E-state index contributed by atoms with van der Waals surface area (Å²) in [5.74, 6) is -0.409. The number of carbonyl (C=O) groups is 2. The van der Waals surface area contributed by atoms with E-state index in [2.05, 4.69) is 15.4 Å². The molecule has 134 valence electrons. The van der Waals surface area contributed by atoms with E-state index >= 15 is 0 Å². The van der Waals surface area contributed by atoms with Crippen molar-refractivity contribution in [1.29, 1.82) is 0 Å². The maximum atomic E-state index is 13.0. The Morgan fingerprint density at radius 2 is 1.73 bits per heavy atom. The number of halogens is 2. The van der Waals surface area contributed by atoms with Crippen LogP contribution < -0.4 is 15.4 Å². The van der Waals surface area contributed by atoms with Gasteiger partial charge in [-0.15, -0.1) is 0 Å². The van der Waals surface area contributed by atoms with Gasteiger partial charge in [-0.1, -0.05) is 48.5 Å². The smallest absolute Gasteiger partial charge is 0.387 e. The molecule has 2 N–H and O–H groups in total. The fourth-order valence-corrected chi connectivity index (χ4v) is 2.90. The van der Waals surface area contributed by atoms with Crippen molar-refractivity contribution in [1.82, 2.24) is 10.6 Å². The third-order valence-electron chi connectivity index (χ3n) is 4.00. The number of carbonyl (C=O) groups excluding carboxylic acids is 2. The van der Waals surface area contributed by atoms with Gasteiger partial charge < -0.3 is 15.4 Å². The second-order valence-electron chi connectivity index (χ2n) is 5.68. The van der Waals surface area contributed by atoms with Gasteiger partial charge in [0.1, 0.15) is 5.75 Å². The highest BCUT2D eigenvalue weighted by Gasteiger charge is 2.33. The molecule has 2 amide bonds. The van der Waals surface area contributed by atoms with Crippen LogP contribution in [0.25, 0.3) is 0 Å². The summed E-state index contributed by atoms with van der Waals surface area (Å²) in [6.07, 6.45) is 0. The predicted octanol–water partition coefficient (Wildman–Crippen LogP) is 3.80. The Hall–Kier alpha value is -3.22. The van der Waals surface area contributed by atoms with Crippen LogP contribution in [0.3, 0.4) is 0 Å². The van der Waals surface area contributed by atoms with E-state index in [4.69, 9.17) is 0 Å². The van der Waals surface area contributed by atoms with Gasteiger partial charge in [0, 0.05) is 22.4 Å². The number of nitrogens with one attached hydrogen (secondary N) is 2. The van der Waals surface area contributed by atoms with Gasteiger partial charge in [-0.2, -0.15) is 8.78 Å². The molecule has 2 aromatic rings. The maximum Gasteiger partial charge on any atom is 0.387 e. The fraction of sp³-hybridized carbons (Fsp3) is 0.158. The first-order valence-electron chi connectivity index (χ1n) is 7.89. The molecule has 1 aliphatic rings. The quantitative estimate of drug-likeness (QED) is 0.799. The van der Waals surface area contributed by atoms with E-state index in [0.29, 0.717) is 11.3 Å². The maximum absolute atomic E-state index is 13.0. The molecule has 2 aromatic carbocycles. The zero-order valence-corrected chi connectivity index (χ0v) is 13.8. The number of Topliss-reactive ketones (excluding diaryl/α,β-unsaturated/α-hetero) is 1. The zero-order valence-electron chi connectivity index (χ0n) is 13.8. The van der Waals surface area contributed by atoms with Crippen LogP contribution in [0, 0.1) is 0 Å². The van der Waals surface area contributed by atoms with Crippen molar-refractivity contribution < 1.29 is 23.1 Å². The number of hydrogen-bond acceptors (Lipinski definition) is 3. The molecular weight excluding hydrogens is 342 g/mol. The van der Waals surface area contributed by atoms with Crippen molar-refractivity contribution in [3.8, 4) is 5.75 Å². The average molecular weight is 358 g/mol. The van der Waals surface area contributed by atoms with Crippen LogP contribution in [0.4, 0.5) is 13.6 Å². The Labute approximate surface area is 148 Å². The molecule has 0 bridgehead atoms. The minimum atomic E-state index is -3.02. The van der Waals surface area contributed by atoms with Gasteiger partial charge in [0.2, 0.25) is 0 Å². The number of hydrogen-bond donors (Lipinski definition) is 2. The number of para-hydroxylation sites is 1. The van der Waals surface area contributed by atoms with E-state index in [1.807, 2.05) is 0 Å². The molecule has 0 saturated carbocycles. The molecule has 0 aliphatic carbocycles. The van der Waals surface area contributed by atoms with Crippen LogP contribution >= 0.6 is 0 Å². The van der Waals surface area contributed by atoms with Crippen LogP contribution in [0.5, 0.6) is 5.75 Å². The van der Waals surface area contributed by atoms with Gasteiger partial charge >= 0.3 is 12.6 Å². The summed E-state index contributed by atoms with van der Waals surface area (Å²) in [6, 6.07) is 13.2. The van der Waals surface area contributed by atoms with Gasteiger partial charge in [0.05, 0.1) is 6.04 Å². The molecule has 7 heteroatoms. The molecule has 26 heavy (non-hydrogen) atoms. The van der Waals surface area contributed by atoms with Crippen LogP contribution in [0.1, 0.15) is 28.9 Å². The third kappa shape index (κ3) is 3.56. The van der Waals surface area contributed by atoms with Crippen LogP contribution in [-0.2, 0) is 0 Å². The van der Waals surface area contributed by atoms with Gasteiger partial charge in [-0.3, -0.25) is 4.79 Å². The summed E-state index contributed by atoms with van der Waals surface area (Å²) in [5, 5.41) is 5.18. The number of ketones is 1. The lowest BCUT2D eigenvalue weighted by molar-refractivity contribution is -0.0505. The topological polar surface area (TPSA) is 67.4 Å². The van der Waals surface area contributed by atoms with Gasteiger partial charge in [0.15, 0.2) is 5.78 Å². The largest absolute Gasteiger partial charge is 0.434 e. The second-order valence-corrected chi connectivity index (χ2v) is 5.68. The minimum Gasteiger partial charge on any atom is -0.434 e. The summed E-state index contributed by atoms with van der Waals surface area (Å²) in [6.45, 7) is -1.43. The van der Waals surface area contributed by atoms with Crippen LogP contribution in [0.15, 0.2) is 65.9 Å². The van der Waals surface area contributed by atoms with Crippen molar-refractivity contribution in [2.45, 2.75) is 19.6 Å². The van der Waals surface area contributed by atoms with E-state index in [1.165, 1.54) is 6.07 Å². The summed E-state index contributed by atoms with van der Waals surface area (Å²) in [4.78, 5) is 24.9. The Bertz CT molecular complexity index is 866. The number of amides is 2. The number of ether oxygens (including phenoxy) is 1. The molecule has 0 fully saturated rings. The molecule has 1 atom stereocenters. The SMILES string of the molecule is CC1=C(C(=O)c2ccccc2)[C@H](c2ccccc2OC(F)F)NC(=O)N1. The van der Waals surface area contributed by atoms with E-state index in [0.717, 1.165) is 0 Å². The van der Waals surface area contributed by atoms with E-state index in [1.54, 1.807) is 55.5 Å². The summed E-state index contributed by atoms with van der Waals surface area (Å²) in [5.41, 5.74) is 1.33. The first-order valence-corrected chi connectivity index (χ1v) is 7.89. The van der Waals surface area contributed by atoms with E-state index < -0.39 is 18.7 Å². The highest BCUT2D eigenvalue weighted by molar-refractivity contribution is 6.11. The molecule has 5 nitrogen and oxygen atoms in total. The molecule has 0 unspecified atom stereocenters. The summed E-state index contributed by atoms with van der Waals surface area (Å²) in [7, 11) is 0. The molecule has 0 aromatic heterocycles. The lowest BCUT2D eigenvalue weighted by Gasteiger charge is -2.29. The number of rotatable bonds is 5. The summed E-state index contributed by atoms with van der Waals surface area (Å²) >= 11 is 0. The number of allylic oxidation sites excluding steroid dienone is 1. The second kappa shape index (κ2) is 7.35. The van der Waals surface area contributed by atoms with Crippen molar-refractivity contribution in [3.63, 3.8) is 0 Å². The predicted molar refractivity (Wildman–Crippen MR) is 91.0 cm³/mol. The van der Waals surface area contributed by atoms with Crippen molar-refractivity contribution in [2.24, 2.45) is 0 Å². The van der Waals surface area contributed by atoms with Crippen LogP contribution in [-0.4, -0.2) is 18.4 Å². The normalized spacial score (nSPS) is 16.9. The van der Waals surface area contributed by atoms with Crippen molar-refractivity contribution in [2.75, 3.05) is 0 Å². The lowest BCUT2D eigenvalue weighted by Crippen LogP contribution is -2.45. The molecule has 0 saturated heterocycles. The fourth-order valence-electron chi connectivity index (χ4n) is 2.90. The highest BCUT2D eigenvalue weighted by Crippen LogP contribution is 2.35. The average Bonchev–Trinajstić information content (AvgIpc) is 2.61. The molecule has 0 radical (unpaired) electrons. The molecule has 1 heterocycles. The monoisotopic (exact) mass is 358 g/mol. The van der Waals surface area contributed by atoms with E-state index in [9.17, 15) is 18.4 Å². The van der Waals surface area contributed by atoms with E-state index in [-0.39, 0.29) is 22.7 Å². The van der Waals surface area contributed by atoms with Gasteiger partial charge in [-0.25, -0.2) is 4.79 Å². The van der Waals surface area contributed by atoms with Gasteiger partial charge in [0.25, 0.3) is 0 Å². The Morgan fingerprint density at radius 3 is 2.42 bits per heavy atom. The molecular formula is C19H16F2N2O3. The minimum absolute atomic E-state index is 0.0964. The Kier molecular flexibility index (Phi) is 4.97. The number of benzene rings is 2. The number of urea groups is 1. The van der Waals surface area contributed by atoms with Crippen molar-refractivity contribution >= 4 is 11.8 Å². The molecule has 0 spiro atoms.